The van der Waals surface area contributed by atoms with Crippen molar-refractivity contribution in [1.29, 1.82) is 0 Å². The Morgan fingerprint density at radius 3 is 2.87 bits per heavy atom. The van der Waals surface area contributed by atoms with Gasteiger partial charge in [-0.25, -0.2) is 4.79 Å². The van der Waals surface area contributed by atoms with Gasteiger partial charge in [-0.15, -0.1) is 0 Å². The van der Waals surface area contributed by atoms with E-state index >= 15 is 0 Å². The van der Waals surface area contributed by atoms with Crippen LogP contribution in [0.25, 0.3) is 0 Å². The van der Waals surface area contributed by atoms with E-state index in [4.69, 9.17) is 4.74 Å². The zero-order chi connectivity index (χ0) is 11.3. The number of aromatic nitrogens is 2. The van der Waals surface area contributed by atoms with Crippen molar-refractivity contribution < 1.29 is 9.53 Å². The van der Waals surface area contributed by atoms with E-state index in [2.05, 4.69) is 15.5 Å². The Kier molecular flexibility index (Phi) is 3.71. The van der Waals surface area contributed by atoms with Crippen molar-refractivity contribution in [2.75, 3.05) is 6.54 Å². The summed E-state index contributed by atoms with van der Waals surface area (Å²) in [6.45, 7) is 6.03. The zero-order valence-corrected chi connectivity index (χ0v) is 9.33. The fourth-order valence-electron chi connectivity index (χ4n) is 1.04. The molecule has 0 fully saturated rings. The van der Waals surface area contributed by atoms with Crippen molar-refractivity contribution in [2.24, 2.45) is 0 Å². The van der Waals surface area contributed by atoms with Crippen molar-refractivity contribution in [3.63, 3.8) is 0 Å². The molecular formula is C10H17N3O2. The summed E-state index contributed by atoms with van der Waals surface area (Å²) in [7, 11) is 0. The van der Waals surface area contributed by atoms with Gasteiger partial charge < -0.3 is 10.1 Å². The minimum atomic E-state index is -0.448. The van der Waals surface area contributed by atoms with Crippen LogP contribution in [0, 0.1) is 0 Å². The summed E-state index contributed by atoms with van der Waals surface area (Å²) >= 11 is 0. The number of rotatable bonds is 3. The molecule has 1 aromatic heterocycles. The van der Waals surface area contributed by atoms with Crippen LogP contribution in [0.4, 0.5) is 4.79 Å². The van der Waals surface area contributed by atoms with Crippen LogP contribution in [0.15, 0.2) is 12.3 Å². The monoisotopic (exact) mass is 211 g/mol. The van der Waals surface area contributed by atoms with Crippen LogP contribution in [0.1, 0.15) is 26.5 Å². The number of ether oxygens (including phenoxy) is 1. The van der Waals surface area contributed by atoms with E-state index in [1.165, 1.54) is 0 Å². The van der Waals surface area contributed by atoms with Crippen molar-refractivity contribution in [3.8, 4) is 0 Å². The molecule has 0 unspecified atom stereocenters. The van der Waals surface area contributed by atoms with E-state index in [1.54, 1.807) is 6.20 Å². The van der Waals surface area contributed by atoms with E-state index in [1.807, 2.05) is 26.8 Å². The maximum Gasteiger partial charge on any atom is 0.407 e. The minimum absolute atomic E-state index is 0.391. The van der Waals surface area contributed by atoms with Crippen LogP contribution in [0.5, 0.6) is 0 Å². The third kappa shape index (κ3) is 5.05. The van der Waals surface area contributed by atoms with Gasteiger partial charge in [0, 0.05) is 19.2 Å². The minimum Gasteiger partial charge on any atom is -0.444 e. The summed E-state index contributed by atoms with van der Waals surface area (Å²) in [6.07, 6.45) is 2.06. The van der Waals surface area contributed by atoms with Crippen LogP contribution in [0.3, 0.4) is 0 Å². The van der Waals surface area contributed by atoms with Gasteiger partial charge in [0.2, 0.25) is 0 Å². The summed E-state index contributed by atoms with van der Waals surface area (Å²) in [5, 5.41) is 9.35. The maximum absolute atomic E-state index is 11.2. The first-order valence-corrected chi connectivity index (χ1v) is 4.93. The molecule has 0 aliphatic carbocycles. The van der Waals surface area contributed by atoms with Gasteiger partial charge in [0.1, 0.15) is 5.60 Å². The molecule has 5 nitrogen and oxygen atoms in total. The lowest BCUT2D eigenvalue weighted by atomic mass is 10.2. The topological polar surface area (TPSA) is 67.0 Å². The molecule has 0 atom stereocenters. The van der Waals surface area contributed by atoms with E-state index < -0.39 is 11.7 Å². The van der Waals surface area contributed by atoms with Gasteiger partial charge in [0.05, 0.1) is 5.69 Å². The average molecular weight is 211 g/mol. The molecule has 1 rings (SSSR count). The van der Waals surface area contributed by atoms with Gasteiger partial charge >= 0.3 is 6.09 Å². The van der Waals surface area contributed by atoms with Crippen LogP contribution in [0.2, 0.25) is 0 Å². The molecular weight excluding hydrogens is 194 g/mol. The quantitative estimate of drug-likeness (QED) is 0.795. The fourth-order valence-corrected chi connectivity index (χ4v) is 1.04. The largest absolute Gasteiger partial charge is 0.444 e. The molecule has 0 aromatic carbocycles. The molecule has 84 valence electrons. The molecule has 0 saturated carbocycles. The van der Waals surface area contributed by atoms with Gasteiger partial charge in [0.25, 0.3) is 0 Å². The number of H-pyrrole nitrogens is 1. The first-order chi connectivity index (χ1) is 6.97. The van der Waals surface area contributed by atoms with E-state index in [9.17, 15) is 4.79 Å². The lowest BCUT2D eigenvalue weighted by Crippen LogP contribution is -2.33. The van der Waals surface area contributed by atoms with Crippen molar-refractivity contribution >= 4 is 6.09 Å². The molecule has 1 amide bonds. The normalized spacial score (nSPS) is 11.1. The molecule has 0 aliphatic heterocycles. The Balaban J connectivity index is 2.18. The Hall–Kier alpha value is -1.52. The van der Waals surface area contributed by atoms with Gasteiger partial charge in [-0.1, -0.05) is 0 Å². The van der Waals surface area contributed by atoms with E-state index in [0.717, 1.165) is 5.69 Å². The molecule has 1 aromatic rings. The predicted octanol–water partition coefficient (Wildman–Crippen LogP) is 1.48. The van der Waals surface area contributed by atoms with E-state index in [-0.39, 0.29) is 0 Å². The van der Waals surface area contributed by atoms with Gasteiger partial charge in [-0.3, -0.25) is 5.10 Å². The molecule has 0 spiro atoms. The standard InChI is InChI=1S/C10H17N3O2/c1-10(2,3)15-9(14)11-6-4-8-5-7-12-13-8/h5,7H,4,6H2,1-3H3,(H,11,14)(H,12,13). The Morgan fingerprint density at radius 2 is 2.33 bits per heavy atom. The van der Waals surface area contributed by atoms with Gasteiger partial charge in [-0.05, 0) is 26.8 Å². The molecule has 1 heterocycles. The predicted molar refractivity (Wildman–Crippen MR) is 56.5 cm³/mol. The number of nitrogens with zero attached hydrogens (tertiary/aromatic N) is 1. The summed E-state index contributed by atoms with van der Waals surface area (Å²) in [4.78, 5) is 11.2. The number of hydrogen-bond acceptors (Lipinski definition) is 3. The second kappa shape index (κ2) is 4.82. The maximum atomic E-state index is 11.2. The molecule has 5 heteroatoms. The molecule has 0 bridgehead atoms. The summed E-state index contributed by atoms with van der Waals surface area (Å²) in [5.41, 5.74) is 0.474. The summed E-state index contributed by atoms with van der Waals surface area (Å²) < 4.78 is 5.08. The van der Waals surface area contributed by atoms with Crippen molar-refractivity contribution in [2.45, 2.75) is 32.8 Å². The number of nitrogens with one attached hydrogen (secondary N) is 2. The number of alkyl carbamates (subject to hydrolysis) is 1. The van der Waals surface area contributed by atoms with Gasteiger partial charge in [-0.2, -0.15) is 5.10 Å². The fraction of sp³-hybridized carbons (Fsp3) is 0.600. The second-order valence-corrected chi connectivity index (χ2v) is 4.24. The van der Waals surface area contributed by atoms with E-state index in [0.29, 0.717) is 13.0 Å². The summed E-state index contributed by atoms with van der Waals surface area (Å²) in [6, 6.07) is 1.87. The highest BCUT2D eigenvalue weighted by Crippen LogP contribution is 2.06. The molecule has 0 saturated heterocycles. The number of amides is 1. The SMILES string of the molecule is CC(C)(C)OC(=O)NCCc1cc[nH]n1. The van der Waals surface area contributed by atoms with Crippen molar-refractivity contribution in [1.82, 2.24) is 15.5 Å². The summed E-state index contributed by atoms with van der Waals surface area (Å²) in [5.74, 6) is 0. The highest BCUT2D eigenvalue weighted by Gasteiger charge is 2.15. The number of carbonyl (C=O) groups excluding carboxylic acids is 1. The van der Waals surface area contributed by atoms with Gasteiger partial charge in [0.15, 0.2) is 0 Å². The smallest absolute Gasteiger partial charge is 0.407 e. The third-order valence-electron chi connectivity index (χ3n) is 1.61. The Labute approximate surface area is 89.2 Å². The average Bonchev–Trinajstić information content (AvgIpc) is 2.53. The Morgan fingerprint density at radius 1 is 1.60 bits per heavy atom. The lowest BCUT2D eigenvalue weighted by molar-refractivity contribution is 0.0528. The number of carbonyl (C=O) groups is 1. The zero-order valence-electron chi connectivity index (χ0n) is 9.33. The first kappa shape index (κ1) is 11.6. The van der Waals surface area contributed by atoms with Crippen LogP contribution >= 0.6 is 0 Å². The highest BCUT2D eigenvalue weighted by molar-refractivity contribution is 5.67. The number of aromatic amines is 1. The van der Waals surface area contributed by atoms with Crippen LogP contribution in [-0.2, 0) is 11.2 Å². The number of hydrogen-bond donors (Lipinski definition) is 2. The lowest BCUT2D eigenvalue weighted by Gasteiger charge is -2.19. The first-order valence-electron chi connectivity index (χ1n) is 4.93. The Bertz CT molecular complexity index is 301. The second-order valence-electron chi connectivity index (χ2n) is 4.24. The third-order valence-corrected chi connectivity index (χ3v) is 1.61. The molecule has 15 heavy (non-hydrogen) atoms. The molecule has 2 N–H and O–H groups in total. The van der Waals surface area contributed by atoms with Crippen molar-refractivity contribution in [3.05, 3.63) is 18.0 Å². The highest BCUT2D eigenvalue weighted by atomic mass is 16.6. The van der Waals surface area contributed by atoms with Crippen LogP contribution in [-0.4, -0.2) is 28.4 Å². The van der Waals surface area contributed by atoms with Crippen LogP contribution < -0.4 is 5.32 Å². The molecule has 0 aliphatic rings. The molecule has 0 radical (unpaired) electrons.